The van der Waals surface area contributed by atoms with E-state index in [0.29, 0.717) is 13.0 Å². The minimum Gasteiger partial charge on any atom is -0.480 e. The smallest absolute Gasteiger partial charge is 0.326 e. The summed E-state index contributed by atoms with van der Waals surface area (Å²) in [4.78, 5) is 29.1. The zero-order valence-electron chi connectivity index (χ0n) is 12.0. The molecule has 1 saturated heterocycles. The average Bonchev–Trinajstić information content (AvgIpc) is 3.02. The van der Waals surface area contributed by atoms with Crippen molar-refractivity contribution in [1.29, 1.82) is 0 Å². The van der Waals surface area contributed by atoms with Gasteiger partial charge in [0.1, 0.15) is 6.04 Å². The molecule has 5 nitrogen and oxygen atoms in total. The molecule has 1 unspecified atom stereocenters. The summed E-state index contributed by atoms with van der Waals surface area (Å²) in [6.07, 6.45) is 6.12. The summed E-state index contributed by atoms with van der Waals surface area (Å²) in [7, 11) is 0. The molecule has 1 aromatic heterocycles. The van der Waals surface area contributed by atoms with Crippen LogP contribution >= 0.6 is 0 Å². The van der Waals surface area contributed by atoms with Gasteiger partial charge in [-0.3, -0.25) is 9.78 Å². The molecule has 1 fully saturated rings. The second-order valence-electron chi connectivity index (χ2n) is 5.28. The first-order chi connectivity index (χ1) is 10.7. The Morgan fingerprint density at radius 3 is 2.91 bits per heavy atom. The highest BCUT2D eigenvalue weighted by Gasteiger charge is 2.32. The highest BCUT2D eigenvalue weighted by molar-refractivity contribution is 5.97. The van der Waals surface area contributed by atoms with Crippen molar-refractivity contribution in [3.05, 3.63) is 48.2 Å². The number of amides is 1. The standard InChI is InChI=1S/C17H16N2O3/c20-16(19-11-3-6-15(19)17(21)22)8-7-12-9-10-18-14-5-2-1-4-13(12)14/h1-2,4-5,7-10,15H,3,6,11H2,(H,21,22)/b8-7+. The molecule has 112 valence electrons. The quantitative estimate of drug-likeness (QED) is 0.882. The number of carboxylic acids is 1. The Balaban J connectivity index is 1.84. The number of hydrogen-bond acceptors (Lipinski definition) is 3. The monoisotopic (exact) mass is 296 g/mol. The lowest BCUT2D eigenvalue weighted by molar-refractivity contribution is -0.146. The molecule has 22 heavy (non-hydrogen) atoms. The van der Waals surface area contributed by atoms with Gasteiger partial charge in [-0.25, -0.2) is 4.79 Å². The van der Waals surface area contributed by atoms with Gasteiger partial charge < -0.3 is 10.0 Å². The fourth-order valence-electron chi connectivity index (χ4n) is 2.81. The molecule has 0 radical (unpaired) electrons. The van der Waals surface area contributed by atoms with Crippen molar-refractivity contribution in [3.63, 3.8) is 0 Å². The number of benzene rings is 1. The lowest BCUT2D eigenvalue weighted by atomic mass is 10.1. The highest BCUT2D eigenvalue weighted by atomic mass is 16.4. The van der Waals surface area contributed by atoms with Crippen LogP contribution in [0.15, 0.2) is 42.6 Å². The number of rotatable bonds is 3. The number of nitrogens with zero attached hydrogens (tertiary/aromatic N) is 2. The van der Waals surface area contributed by atoms with Gasteiger partial charge in [-0.05, 0) is 36.6 Å². The minimum atomic E-state index is -0.936. The van der Waals surface area contributed by atoms with E-state index in [2.05, 4.69) is 4.98 Å². The van der Waals surface area contributed by atoms with Gasteiger partial charge in [0.05, 0.1) is 5.52 Å². The zero-order valence-corrected chi connectivity index (χ0v) is 12.0. The van der Waals surface area contributed by atoms with E-state index in [9.17, 15) is 9.59 Å². The molecule has 2 heterocycles. The number of para-hydroxylation sites is 1. The second-order valence-corrected chi connectivity index (χ2v) is 5.28. The summed E-state index contributed by atoms with van der Waals surface area (Å²) in [5.74, 6) is -1.19. The Morgan fingerprint density at radius 1 is 1.27 bits per heavy atom. The number of carbonyl (C=O) groups excluding carboxylic acids is 1. The molecule has 3 rings (SSSR count). The van der Waals surface area contributed by atoms with E-state index in [4.69, 9.17) is 5.11 Å². The molecular formula is C17H16N2O3. The van der Waals surface area contributed by atoms with Gasteiger partial charge in [0.25, 0.3) is 0 Å². The van der Waals surface area contributed by atoms with Crippen molar-refractivity contribution < 1.29 is 14.7 Å². The molecule has 0 spiro atoms. The summed E-state index contributed by atoms with van der Waals surface area (Å²) >= 11 is 0. The van der Waals surface area contributed by atoms with Gasteiger partial charge in [0.15, 0.2) is 0 Å². The molecule has 1 N–H and O–H groups in total. The molecule has 0 aliphatic carbocycles. The van der Waals surface area contributed by atoms with Crippen LogP contribution in [0, 0.1) is 0 Å². The van der Waals surface area contributed by atoms with Crippen LogP contribution in [0.3, 0.4) is 0 Å². The van der Waals surface area contributed by atoms with Gasteiger partial charge in [0, 0.05) is 24.2 Å². The van der Waals surface area contributed by atoms with Gasteiger partial charge in [-0.2, -0.15) is 0 Å². The number of hydrogen-bond donors (Lipinski definition) is 1. The Kier molecular flexibility index (Phi) is 3.87. The van der Waals surface area contributed by atoms with E-state index in [1.807, 2.05) is 30.3 Å². The van der Waals surface area contributed by atoms with E-state index >= 15 is 0 Å². The van der Waals surface area contributed by atoms with E-state index < -0.39 is 12.0 Å². The van der Waals surface area contributed by atoms with Crippen LogP contribution in [-0.2, 0) is 9.59 Å². The largest absolute Gasteiger partial charge is 0.480 e. The molecule has 0 saturated carbocycles. The number of pyridine rings is 1. The molecular weight excluding hydrogens is 280 g/mol. The Bertz CT molecular complexity index is 749. The number of aliphatic carboxylic acids is 1. The fraction of sp³-hybridized carbons (Fsp3) is 0.235. The normalized spacial score (nSPS) is 18.2. The van der Waals surface area contributed by atoms with Crippen LogP contribution in [0.1, 0.15) is 18.4 Å². The highest BCUT2D eigenvalue weighted by Crippen LogP contribution is 2.20. The predicted molar refractivity (Wildman–Crippen MR) is 83.1 cm³/mol. The zero-order chi connectivity index (χ0) is 15.5. The molecule has 1 aliphatic heterocycles. The van der Waals surface area contributed by atoms with Gasteiger partial charge in [-0.15, -0.1) is 0 Å². The van der Waals surface area contributed by atoms with Crippen molar-refractivity contribution in [2.45, 2.75) is 18.9 Å². The van der Waals surface area contributed by atoms with Crippen LogP contribution in [0.2, 0.25) is 0 Å². The van der Waals surface area contributed by atoms with Gasteiger partial charge in [-0.1, -0.05) is 18.2 Å². The lowest BCUT2D eigenvalue weighted by Crippen LogP contribution is -2.39. The molecule has 1 atom stereocenters. The molecule has 1 aliphatic rings. The maximum atomic E-state index is 12.2. The predicted octanol–water partition coefficient (Wildman–Crippen LogP) is 2.32. The Morgan fingerprint density at radius 2 is 2.09 bits per heavy atom. The van der Waals surface area contributed by atoms with E-state index in [-0.39, 0.29) is 5.91 Å². The SMILES string of the molecule is O=C(O)C1CCCN1C(=O)/C=C/c1ccnc2ccccc12. The minimum absolute atomic E-state index is 0.259. The molecule has 2 aromatic rings. The number of aromatic nitrogens is 1. The first kappa shape index (κ1) is 14.3. The third kappa shape index (κ3) is 2.70. The van der Waals surface area contributed by atoms with Crippen LogP contribution in [0.4, 0.5) is 0 Å². The topological polar surface area (TPSA) is 70.5 Å². The average molecular weight is 296 g/mol. The summed E-state index contributed by atoms with van der Waals surface area (Å²) in [5, 5.41) is 10.1. The number of fused-ring (bicyclic) bond motifs is 1. The maximum absolute atomic E-state index is 12.2. The molecule has 1 amide bonds. The molecule has 0 bridgehead atoms. The first-order valence-corrected chi connectivity index (χ1v) is 7.22. The summed E-state index contributed by atoms with van der Waals surface area (Å²) < 4.78 is 0. The van der Waals surface area contributed by atoms with Gasteiger partial charge in [0.2, 0.25) is 5.91 Å². The first-order valence-electron chi connectivity index (χ1n) is 7.22. The lowest BCUT2D eigenvalue weighted by Gasteiger charge is -2.19. The van der Waals surface area contributed by atoms with E-state index in [1.54, 1.807) is 12.3 Å². The van der Waals surface area contributed by atoms with Crippen molar-refractivity contribution in [2.24, 2.45) is 0 Å². The van der Waals surface area contributed by atoms with Crippen LogP contribution < -0.4 is 0 Å². The molecule has 1 aromatic carbocycles. The Hall–Kier alpha value is -2.69. The Labute approximate surface area is 127 Å². The van der Waals surface area contributed by atoms with Gasteiger partial charge >= 0.3 is 5.97 Å². The molecule has 5 heteroatoms. The third-order valence-electron chi connectivity index (χ3n) is 3.91. The van der Waals surface area contributed by atoms with Crippen LogP contribution in [0.5, 0.6) is 0 Å². The maximum Gasteiger partial charge on any atom is 0.326 e. The van der Waals surface area contributed by atoms with Crippen molar-refractivity contribution >= 4 is 28.9 Å². The van der Waals surface area contributed by atoms with Crippen LogP contribution in [-0.4, -0.2) is 39.5 Å². The fourth-order valence-corrected chi connectivity index (χ4v) is 2.81. The van der Waals surface area contributed by atoms with Crippen molar-refractivity contribution in [1.82, 2.24) is 9.88 Å². The summed E-state index contributed by atoms with van der Waals surface area (Å²) in [6.45, 7) is 0.497. The van der Waals surface area contributed by atoms with E-state index in [1.165, 1.54) is 11.0 Å². The van der Waals surface area contributed by atoms with Crippen molar-refractivity contribution in [2.75, 3.05) is 6.54 Å². The third-order valence-corrected chi connectivity index (χ3v) is 3.91. The van der Waals surface area contributed by atoms with Crippen molar-refractivity contribution in [3.8, 4) is 0 Å². The number of carbonyl (C=O) groups is 2. The number of carboxylic acid groups (broad SMARTS) is 1. The number of likely N-dealkylation sites (tertiary alicyclic amines) is 1. The summed E-state index contributed by atoms with van der Waals surface area (Å²) in [6, 6.07) is 8.83. The van der Waals surface area contributed by atoms with Crippen LogP contribution in [0.25, 0.3) is 17.0 Å². The second kappa shape index (κ2) is 5.97. The van der Waals surface area contributed by atoms with E-state index in [0.717, 1.165) is 22.9 Å². The summed E-state index contributed by atoms with van der Waals surface area (Å²) in [5.41, 5.74) is 1.76.